The Kier molecular flexibility index (Phi) is 12.8. The molecule has 10 aromatic rings. The summed E-state index contributed by atoms with van der Waals surface area (Å²) in [5, 5.41) is 2.13. The fourth-order valence-corrected chi connectivity index (χ4v) is 9.91. The molecular formula is C64H52F2N4OPt+2. The summed E-state index contributed by atoms with van der Waals surface area (Å²) in [6, 6.07) is 66.5. The summed E-state index contributed by atoms with van der Waals surface area (Å²) in [7, 11) is 0. The fourth-order valence-electron chi connectivity index (χ4n) is 9.91. The van der Waals surface area contributed by atoms with Gasteiger partial charge in [0, 0.05) is 47.5 Å². The van der Waals surface area contributed by atoms with Gasteiger partial charge < -0.3 is 9.30 Å². The van der Waals surface area contributed by atoms with Gasteiger partial charge in [0.25, 0.3) is 11.4 Å². The molecule has 2 aromatic heterocycles. The molecule has 356 valence electrons. The van der Waals surface area contributed by atoms with E-state index in [0.717, 1.165) is 61.8 Å². The average Bonchev–Trinajstić information content (AvgIpc) is 3.92. The SMILES string of the molecule is CC(C)c1cc(-c2ccccc2)cc(C(C)C)c1-c1cc(Oc2[c-]c3c(cc2)c2ccccc2n3-c2cc(C(C)(C)C)ccn2)[c-]c([N+]2=C=[N+](c3ccccc3-c3cc(F)cc(F)c3)c3ccccc32)c1.[Pt+2]. The molecule has 1 aliphatic rings. The summed E-state index contributed by atoms with van der Waals surface area (Å²) in [4.78, 5) is 4.90. The molecule has 8 aromatic carbocycles. The monoisotopic (exact) mass is 1130 g/mol. The quantitative estimate of drug-likeness (QED) is 0.101. The van der Waals surface area contributed by atoms with Crippen molar-refractivity contribution in [2.24, 2.45) is 0 Å². The first kappa shape index (κ1) is 48.1. The number of fused-ring (bicyclic) bond motifs is 4. The topological polar surface area (TPSA) is 33.1 Å². The van der Waals surface area contributed by atoms with Gasteiger partial charge in [-0.1, -0.05) is 156 Å². The summed E-state index contributed by atoms with van der Waals surface area (Å²) in [6.45, 7) is 15.6. The van der Waals surface area contributed by atoms with Crippen LogP contribution in [0.1, 0.15) is 77.0 Å². The van der Waals surface area contributed by atoms with Gasteiger partial charge in [-0.05, 0) is 103 Å². The third kappa shape index (κ3) is 8.93. The van der Waals surface area contributed by atoms with Crippen LogP contribution in [0.2, 0.25) is 0 Å². The molecule has 0 saturated carbocycles. The van der Waals surface area contributed by atoms with E-state index >= 15 is 0 Å². The molecule has 0 bridgehead atoms. The Morgan fingerprint density at radius 1 is 0.569 bits per heavy atom. The van der Waals surface area contributed by atoms with E-state index in [1.165, 1.54) is 34.4 Å². The van der Waals surface area contributed by atoms with Crippen LogP contribution in [0.3, 0.4) is 0 Å². The van der Waals surface area contributed by atoms with Gasteiger partial charge in [-0.3, -0.25) is 0 Å². The zero-order chi connectivity index (χ0) is 49.1. The van der Waals surface area contributed by atoms with E-state index in [1.807, 2.05) is 69.9 Å². The van der Waals surface area contributed by atoms with Crippen molar-refractivity contribution in [1.29, 1.82) is 0 Å². The summed E-state index contributed by atoms with van der Waals surface area (Å²) in [6.07, 6.45) is 1.88. The van der Waals surface area contributed by atoms with Gasteiger partial charge in [0.1, 0.15) is 23.1 Å². The van der Waals surface area contributed by atoms with Crippen molar-refractivity contribution < 1.29 is 34.6 Å². The van der Waals surface area contributed by atoms with Crippen LogP contribution in [0.15, 0.2) is 176 Å². The van der Waals surface area contributed by atoms with Crippen LogP contribution in [-0.2, 0) is 26.5 Å². The molecule has 0 N–H and O–H groups in total. The second-order valence-corrected chi connectivity index (χ2v) is 20.0. The molecule has 11 rings (SSSR count). The third-order valence-electron chi connectivity index (χ3n) is 13.4. The second-order valence-electron chi connectivity index (χ2n) is 20.0. The Balaban J connectivity index is 0.00000596. The molecule has 8 heteroatoms. The van der Waals surface area contributed by atoms with E-state index in [-0.39, 0.29) is 38.3 Å². The molecule has 72 heavy (non-hydrogen) atoms. The number of aromatic nitrogens is 2. The van der Waals surface area contributed by atoms with Gasteiger partial charge in [-0.2, -0.15) is 6.07 Å². The number of rotatable bonds is 10. The molecule has 0 radical (unpaired) electrons. The minimum absolute atomic E-state index is 0. The van der Waals surface area contributed by atoms with Crippen LogP contribution in [-0.4, -0.2) is 15.6 Å². The van der Waals surface area contributed by atoms with Crippen LogP contribution in [0.5, 0.6) is 11.5 Å². The largest absolute Gasteiger partial charge is 2.00 e. The van der Waals surface area contributed by atoms with Crippen molar-refractivity contribution in [1.82, 2.24) is 18.7 Å². The normalized spacial score (nSPS) is 12.3. The van der Waals surface area contributed by atoms with E-state index in [0.29, 0.717) is 34.0 Å². The standard InChI is InChI=1S/C64H52F2N4O.Pt/c1-40(2)55-33-43(42-17-9-8-10-18-42)34-56(41(3)4)63(55)45-31-49(68-39-69(60-24-16-15-23-59(60)68)57-21-13-11-19-52(57)44-29-47(65)36-48(66)30-44)37-51(32-45)71-50-25-26-54-53-20-12-14-22-58(53)70(61(54)38-50)62-35-46(27-28-67-62)64(5,6)7;/h8-36,40-41H,1-7H3;/q;+2. The number of ether oxygens (including phenoxy) is 1. The number of benzene rings is 8. The summed E-state index contributed by atoms with van der Waals surface area (Å²) in [5.41, 5.74) is 14.0. The van der Waals surface area contributed by atoms with Crippen molar-refractivity contribution in [3.8, 4) is 50.7 Å². The molecule has 0 spiro atoms. The molecular weight excluding hydrogens is 1070 g/mol. The summed E-state index contributed by atoms with van der Waals surface area (Å²) in [5.74, 6) is 0.886. The molecule has 0 unspecified atom stereocenters. The number of hydrogen-bond donors (Lipinski definition) is 0. The minimum Gasteiger partial charge on any atom is -0.509 e. The predicted molar refractivity (Wildman–Crippen MR) is 287 cm³/mol. The predicted octanol–water partition coefficient (Wildman–Crippen LogP) is 17.2. The number of pyridine rings is 1. The van der Waals surface area contributed by atoms with Crippen molar-refractivity contribution in [3.05, 3.63) is 217 Å². The molecule has 0 saturated heterocycles. The summed E-state index contributed by atoms with van der Waals surface area (Å²) >= 11 is 0. The van der Waals surface area contributed by atoms with Gasteiger partial charge in [0.15, 0.2) is 0 Å². The minimum atomic E-state index is -0.646. The molecule has 5 nitrogen and oxygen atoms in total. The first-order valence-electron chi connectivity index (χ1n) is 24.2. The first-order chi connectivity index (χ1) is 34.3. The molecule has 0 atom stereocenters. The van der Waals surface area contributed by atoms with Crippen LogP contribution in [0, 0.1) is 23.8 Å². The average molecular weight is 1130 g/mol. The second kappa shape index (κ2) is 19.2. The van der Waals surface area contributed by atoms with E-state index in [2.05, 4.69) is 168 Å². The first-order valence-corrected chi connectivity index (χ1v) is 24.2. The molecule has 0 amide bonds. The number of halogens is 2. The van der Waals surface area contributed by atoms with Crippen molar-refractivity contribution >= 4 is 50.6 Å². The molecule has 1 aliphatic heterocycles. The van der Waals surface area contributed by atoms with Crippen LogP contribution in [0.4, 0.5) is 31.5 Å². The van der Waals surface area contributed by atoms with E-state index in [1.54, 1.807) is 0 Å². The Bertz CT molecular complexity index is 3750. The Labute approximate surface area is 434 Å². The smallest absolute Gasteiger partial charge is 0.509 e. The van der Waals surface area contributed by atoms with Crippen molar-refractivity contribution in [2.45, 2.75) is 65.7 Å². The number of para-hydroxylation sites is 4. The maximum absolute atomic E-state index is 14.8. The van der Waals surface area contributed by atoms with Gasteiger partial charge in [-0.15, -0.1) is 29.1 Å². The van der Waals surface area contributed by atoms with Crippen molar-refractivity contribution in [3.63, 3.8) is 0 Å². The van der Waals surface area contributed by atoms with Crippen LogP contribution >= 0.6 is 0 Å². The van der Waals surface area contributed by atoms with Crippen LogP contribution in [0.25, 0.3) is 61.0 Å². The maximum Gasteiger partial charge on any atom is 2.00 e. The number of nitrogens with zero attached hydrogens (tertiary/aromatic N) is 4. The Morgan fingerprint density at radius 2 is 1.21 bits per heavy atom. The van der Waals surface area contributed by atoms with Gasteiger partial charge in [0.05, 0.1) is 5.56 Å². The van der Waals surface area contributed by atoms with Gasteiger partial charge in [0.2, 0.25) is 5.69 Å². The van der Waals surface area contributed by atoms with E-state index in [4.69, 9.17) is 9.72 Å². The van der Waals surface area contributed by atoms with Gasteiger partial charge in [-0.25, -0.2) is 13.8 Å². The van der Waals surface area contributed by atoms with Gasteiger partial charge >= 0.3 is 27.1 Å². The molecule has 0 fully saturated rings. The number of hydrogen-bond acceptors (Lipinski definition) is 2. The molecule has 3 heterocycles. The molecule has 0 aliphatic carbocycles. The van der Waals surface area contributed by atoms with E-state index in [9.17, 15) is 8.78 Å². The Morgan fingerprint density at radius 3 is 1.90 bits per heavy atom. The zero-order valence-electron chi connectivity index (χ0n) is 41.2. The maximum atomic E-state index is 14.8. The van der Waals surface area contributed by atoms with Crippen LogP contribution < -0.4 is 13.9 Å². The van der Waals surface area contributed by atoms with Crippen molar-refractivity contribution in [2.75, 3.05) is 0 Å². The zero-order valence-corrected chi connectivity index (χ0v) is 43.4. The third-order valence-corrected chi connectivity index (χ3v) is 13.4. The Hall–Kier alpha value is -7.56. The summed E-state index contributed by atoms with van der Waals surface area (Å²) < 4.78 is 42.7. The fraction of sp³-hybridized carbons (Fsp3) is 0.156. The van der Waals surface area contributed by atoms with E-state index < -0.39 is 11.6 Å².